The molecule has 0 aliphatic rings. The molecule has 0 saturated heterocycles. The van der Waals surface area contributed by atoms with Crippen LogP contribution < -0.4 is 10.5 Å². The van der Waals surface area contributed by atoms with Gasteiger partial charge < -0.3 is 10.5 Å². The number of hydrogen-bond acceptors (Lipinski definition) is 2. The predicted octanol–water partition coefficient (Wildman–Crippen LogP) is 2.45. The highest BCUT2D eigenvalue weighted by Gasteiger charge is 2.01. The topological polar surface area (TPSA) is 35.2 Å². The van der Waals surface area contributed by atoms with Crippen molar-refractivity contribution in [3.05, 3.63) is 29.3 Å². The highest BCUT2D eigenvalue weighted by atomic mass is 35.5. The molecule has 0 aliphatic heterocycles. The Labute approximate surface area is 91.9 Å². The van der Waals surface area contributed by atoms with E-state index in [0.717, 1.165) is 5.75 Å². The van der Waals surface area contributed by atoms with Crippen LogP contribution in [0.2, 0.25) is 0 Å². The number of hydrogen-bond donors (Lipinski definition) is 1. The molecule has 2 N–H and O–H groups in total. The maximum Gasteiger partial charge on any atom is 0.120 e. The standard InChI is InChI=1S/C11H17NO.ClH/c1-8-4-5-11(6-9(8)2)13-10(3)7-12;/h4-6,10H,7,12H2,1-3H3;1H. The maximum absolute atomic E-state index is 5.57. The average Bonchev–Trinajstić information content (AvgIpc) is 2.11. The second-order valence-electron chi connectivity index (χ2n) is 3.41. The zero-order valence-electron chi connectivity index (χ0n) is 8.91. The lowest BCUT2D eigenvalue weighted by atomic mass is 10.1. The van der Waals surface area contributed by atoms with Gasteiger partial charge in [-0.25, -0.2) is 0 Å². The first-order valence-electron chi connectivity index (χ1n) is 4.57. The summed E-state index contributed by atoms with van der Waals surface area (Å²) in [6, 6.07) is 6.09. The third-order valence-corrected chi connectivity index (χ3v) is 2.15. The first-order chi connectivity index (χ1) is 6.13. The molecule has 2 nitrogen and oxygen atoms in total. The lowest BCUT2D eigenvalue weighted by molar-refractivity contribution is 0.230. The smallest absolute Gasteiger partial charge is 0.120 e. The Hall–Kier alpha value is -0.730. The fourth-order valence-corrected chi connectivity index (χ4v) is 1.07. The van der Waals surface area contributed by atoms with Gasteiger partial charge in [0.05, 0.1) is 0 Å². The molecule has 80 valence electrons. The molecular weight excluding hydrogens is 198 g/mol. The lowest BCUT2D eigenvalue weighted by Crippen LogP contribution is -2.22. The Balaban J connectivity index is 0.00000169. The molecule has 14 heavy (non-hydrogen) atoms. The minimum absolute atomic E-state index is 0. The summed E-state index contributed by atoms with van der Waals surface area (Å²) in [5.41, 5.74) is 8.00. The molecule has 0 radical (unpaired) electrons. The van der Waals surface area contributed by atoms with E-state index < -0.39 is 0 Å². The van der Waals surface area contributed by atoms with Gasteiger partial charge in [0.1, 0.15) is 11.9 Å². The maximum atomic E-state index is 5.57. The van der Waals surface area contributed by atoms with Gasteiger partial charge >= 0.3 is 0 Å². The van der Waals surface area contributed by atoms with E-state index in [9.17, 15) is 0 Å². The molecule has 1 rings (SSSR count). The van der Waals surface area contributed by atoms with Crippen LogP contribution >= 0.6 is 12.4 Å². The van der Waals surface area contributed by atoms with Crippen LogP contribution in [0.4, 0.5) is 0 Å². The fraction of sp³-hybridized carbons (Fsp3) is 0.455. The van der Waals surface area contributed by atoms with Crippen LogP contribution in [0.3, 0.4) is 0 Å². The minimum atomic E-state index is 0. The van der Waals surface area contributed by atoms with E-state index in [1.54, 1.807) is 0 Å². The van der Waals surface area contributed by atoms with Gasteiger partial charge in [-0.1, -0.05) is 6.07 Å². The van der Waals surface area contributed by atoms with Crippen molar-refractivity contribution in [3.63, 3.8) is 0 Å². The fourth-order valence-electron chi connectivity index (χ4n) is 1.07. The molecule has 0 bridgehead atoms. The minimum Gasteiger partial charge on any atom is -0.489 e. The quantitative estimate of drug-likeness (QED) is 0.841. The molecule has 0 amide bonds. The van der Waals surface area contributed by atoms with Gasteiger partial charge in [-0.2, -0.15) is 0 Å². The Morgan fingerprint density at radius 2 is 1.93 bits per heavy atom. The second-order valence-corrected chi connectivity index (χ2v) is 3.41. The molecule has 1 aromatic rings. The van der Waals surface area contributed by atoms with Gasteiger partial charge in [0.25, 0.3) is 0 Å². The summed E-state index contributed by atoms with van der Waals surface area (Å²) in [5, 5.41) is 0. The van der Waals surface area contributed by atoms with Crippen LogP contribution in [0, 0.1) is 13.8 Å². The zero-order chi connectivity index (χ0) is 9.84. The van der Waals surface area contributed by atoms with Crippen molar-refractivity contribution in [2.24, 2.45) is 5.73 Å². The molecule has 1 unspecified atom stereocenters. The highest BCUT2D eigenvalue weighted by molar-refractivity contribution is 5.85. The van der Waals surface area contributed by atoms with Crippen molar-refractivity contribution in [2.45, 2.75) is 26.9 Å². The van der Waals surface area contributed by atoms with Crippen molar-refractivity contribution in [3.8, 4) is 5.75 Å². The number of rotatable bonds is 3. The van der Waals surface area contributed by atoms with Gasteiger partial charge in [0.15, 0.2) is 0 Å². The van der Waals surface area contributed by atoms with Gasteiger partial charge in [-0.05, 0) is 44.0 Å². The van der Waals surface area contributed by atoms with Crippen LogP contribution in [-0.2, 0) is 0 Å². The molecule has 3 heteroatoms. The normalized spacial score (nSPS) is 11.7. The van der Waals surface area contributed by atoms with E-state index in [-0.39, 0.29) is 18.5 Å². The van der Waals surface area contributed by atoms with Crippen LogP contribution in [0.25, 0.3) is 0 Å². The van der Waals surface area contributed by atoms with Crippen LogP contribution in [0.15, 0.2) is 18.2 Å². The van der Waals surface area contributed by atoms with Crippen molar-refractivity contribution in [1.82, 2.24) is 0 Å². The predicted molar refractivity (Wildman–Crippen MR) is 62.3 cm³/mol. The molecule has 0 spiro atoms. The molecule has 1 aromatic carbocycles. The summed E-state index contributed by atoms with van der Waals surface area (Å²) >= 11 is 0. The largest absolute Gasteiger partial charge is 0.489 e. The Morgan fingerprint density at radius 1 is 1.29 bits per heavy atom. The molecule has 0 fully saturated rings. The summed E-state index contributed by atoms with van der Waals surface area (Å²) in [7, 11) is 0. The number of ether oxygens (including phenoxy) is 1. The molecule has 1 atom stereocenters. The summed E-state index contributed by atoms with van der Waals surface area (Å²) in [5.74, 6) is 0.904. The average molecular weight is 216 g/mol. The molecule has 0 heterocycles. The van der Waals surface area contributed by atoms with Crippen LogP contribution in [-0.4, -0.2) is 12.6 Å². The van der Waals surface area contributed by atoms with Gasteiger partial charge in [0.2, 0.25) is 0 Å². The summed E-state index contributed by atoms with van der Waals surface area (Å²) in [4.78, 5) is 0. The first-order valence-corrected chi connectivity index (χ1v) is 4.57. The SMILES string of the molecule is Cc1ccc(OC(C)CN)cc1C.Cl. The van der Waals surface area contributed by atoms with E-state index in [1.165, 1.54) is 11.1 Å². The van der Waals surface area contributed by atoms with Crippen molar-refractivity contribution in [1.29, 1.82) is 0 Å². The van der Waals surface area contributed by atoms with E-state index in [1.807, 2.05) is 19.1 Å². The Bertz CT molecular complexity index is 289. The van der Waals surface area contributed by atoms with E-state index >= 15 is 0 Å². The highest BCUT2D eigenvalue weighted by Crippen LogP contribution is 2.17. The van der Waals surface area contributed by atoms with Crippen LogP contribution in [0.1, 0.15) is 18.1 Å². The zero-order valence-corrected chi connectivity index (χ0v) is 9.73. The summed E-state index contributed by atoms with van der Waals surface area (Å²) < 4.78 is 5.57. The van der Waals surface area contributed by atoms with E-state index in [2.05, 4.69) is 19.9 Å². The van der Waals surface area contributed by atoms with Crippen molar-refractivity contribution < 1.29 is 4.74 Å². The second kappa shape index (κ2) is 5.89. The summed E-state index contributed by atoms with van der Waals surface area (Å²) in [6.07, 6.45) is 0.0853. The number of nitrogens with two attached hydrogens (primary N) is 1. The Morgan fingerprint density at radius 3 is 2.43 bits per heavy atom. The van der Waals surface area contributed by atoms with Gasteiger partial charge in [-0.15, -0.1) is 12.4 Å². The van der Waals surface area contributed by atoms with Crippen LogP contribution in [0.5, 0.6) is 5.75 Å². The summed E-state index contributed by atoms with van der Waals surface area (Å²) in [6.45, 7) is 6.68. The number of halogens is 1. The first kappa shape index (κ1) is 13.3. The van der Waals surface area contributed by atoms with E-state index in [4.69, 9.17) is 10.5 Å². The van der Waals surface area contributed by atoms with E-state index in [0.29, 0.717) is 6.54 Å². The Kier molecular flexibility index (Phi) is 5.58. The van der Waals surface area contributed by atoms with Gasteiger partial charge in [0, 0.05) is 6.54 Å². The molecular formula is C11H18ClNO. The monoisotopic (exact) mass is 215 g/mol. The number of benzene rings is 1. The molecule has 0 saturated carbocycles. The lowest BCUT2D eigenvalue weighted by Gasteiger charge is -2.13. The number of aryl methyl sites for hydroxylation is 2. The third-order valence-electron chi connectivity index (χ3n) is 2.15. The third kappa shape index (κ3) is 3.56. The van der Waals surface area contributed by atoms with Crippen molar-refractivity contribution >= 4 is 12.4 Å². The van der Waals surface area contributed by atoms with Gasteiger partial charge in [-0.3, -0.25) is 0 Å². The van der Waals surface area contributed by atoms with Crippen molar-refractivity contribution in [2.75, 3.05) is 6.54 Å². The molecule has 0 aromatic heterocycles. The molecule has 0 aliphatic carbocycles.